The molecule has 2 aromatic carbocycles. The molecule has 0 radical (unpaired) electrons. The Kier molecular flexibility index (Phi) is 3.90. The summed E-state index contributed by atoms with van der Waals surface area (Å²) in [5.41, 5.74) is 3.42. The van der Waals surface area contributed by atoms with Gasteiger partial charge in [0.05, 0.1) is 11.6 Å². The van der Waals surface area contributed by atoms with Crippen LogP contribution in [0.2, 0.25) is 0 Å². The maximum Gasteiger partial charge on any atom is 0.306 e. The molecule has 0 aliphatic carbocycles. The molecular formula is C19H19NO3. The normalized spacial score (nSPS) is 17.7. The summed E-state index contributed by atoms with van der Waals surface area (Å²) in [7, 11) is 0. The smallest absolute Gasteiger partial charge is 0.306 e. The predicted octanol–water partition coefficient (Wildman–Crippen LogP) is 3.46. The predicted molar refractivity (Wildman–Crippen MR) is 88.8 cm³/mol. The first kappa shape index (κ1) is 15.3. The minimum absolute atomic E-state index is 0.0822. The molecule has 2 aromatic rings. The second-order valence-corrected chi connectivity index (χ2v) is 6.03. The van der Waals surface area contributed by atoms with Gasteiger partial charge in [-0.25, -0.2) is 0 Å². The van der Waals surface area contributed by atoms with Gasteiger partial charge in [-0.05, 0) is 30.2 Å². The lowest BCUT2D eigenvalue weighted by Crippen LogP contribution is -2.32. The van der Waals surface area contributed by atoms with Gasteiger partial charge in [0.15, 0.2) is 0 Å². The van der Waals surface area contributed by atoms with Crippen molar-refractivity contribution in [1.82, 2.24) is 0 Å². The van der Waals surface area contributed by atoms with Crippen molar-refractivity contribution in [1.29, 1.82) is 0 Å². The molecule has 118 valence electrons. The molecule has 0 saturated carbocycles. The molecule has 0 aromatic heterocycles. The molecule has 0 saturated heterocycles. The Labute approximate surface area is 135 Å². The number of hydrogen-bond acceptors (Lipinski definition) is 2. The van der Waals surface area contributed by atoms with Crippen molar-refractivity contribution in [3.05, 3.63) is 65.2 Å². The van der Waals surface area contributed by atoms with Gasteiger partial charge in [0.25, 0.3) is 5.91 Å². The topological polar surface area (TPSA) is 57.6 Å². The summed E-state index contributed by atoms with van der Waals surface area (Å²) >= 11 is 0. The summed E-state index contributed by atoms with van der Waals surface area (Å²) in [5.74, 6) is -1.64. The molecule has 4 nitrogen and oxygen atoms in total. The van der Waals surface area contributed by atoms with E-state index in [2.05, 4.69) is 0 Å². The van der Waals surface area contributed by atoms with Gasteiger partial charge in [0, 0.05) is 18.0 Å². The highest BCUT2D eigenvalue weighted by atomic mass is 16.4. The number of amides is 1. The van der Waals surface area contributed by atoms with E-state index in [1.165, 1.54) is 0 Å². The Bertz CT molecular complexity index is 754. The van der Waals surface area contributed by atoms with E-state index in [0.717, 1.165) is 16.8 Å². The number of carboxylic acids is 1. The number of aliphatic carboxylic acids is 1. The van der Waals surface area contributed by atoms with E-state index in [0.29, 0.717) is 12.1 Å². The van der Waals surface area contributed by atoms with Crippen LogP contribution in [0.3, 0.4) is 0 Å². The van der Waals surface area contributed by atoms with Crippen molar-refractivity contribution in [2.24, 2.45) is 5.92 Å². The fourth-order valence-electron chi connectivity index (χ4n) is 3.26. The maximum atomic E-state index is 12.9. The fraction of sp³-hybridized carbons (Fsp3) is 0.263. The first-order valence-corrected chi connectivity index (χ1v) is 7.70. The monoisotopic (exact) mass is 309 g/mol. The van der Waals surface area contributed by atoms with Crippen molar-refractivity contribution in [2.75, 3.05) is 11.4 Å². The highest BCUT2D eigenvalue weighted by Gasteiger charge is 2.38. The number of para-hydroxylation sites is 1. The van der Waals surface area contributed by atoms with Crippen LogP contribution in [0.15, 0.2) is 48.5 Å². The second-order valence-electron chi connectivity index (χ2n) is 6.03. The van der Waals surface area contributed by atoms with Crippen LogP contribution < -0.4 is 4.90 Å². The lowest BCUT2D eigenvalue weighted by molar-refractivity contribution is -0.141. The molecule has 0 bridgehead atoms. The molecule has 4 heteroatoms. The number of fused-ring (bicyclic) bond motifs is 1. The number of carbonyl (C=O) groups excluding carboxylic acids is 1. The highest BCUT2D eigenvalue weighted by Crippen LogP contribution is 2.42. The van der Waals surface area contributed by atoms with E-state index in [9.17, 15) is 14.7 Å². The number of hydrogen-bond donors (Lipinski definition) is 1. The second kappa shape index (κ2) is 5.88. The van der Waals surface area contributed by atoms with Gasteiger partial charge in [0.1, 0.15) is 0 Å². The van der Waals surface area contributed by atoms with Crippen molar-refractivity contribution in [3.8, 4) is 0 Å². The minimum atomic E-state index is -0.837. The van der Waals surface area contributed by atoms with Crippen LogP contribution >= 0.6 is 0 Å². The number of nitrogens with zero attached hydrogens (tertiary/aromatic N) is 1. The zero-order chi connectivity index (χ0) is 16.6. The number of carboxylic acid groups (broad SMARTS) is 1. The van der Waals surface area contributed by atoms with Gasteiger partial charge in [0.2, 0.25) is 0 Å². The van der Waals surface area contributed by atoms with Crippen molar-refractivity contribution >= 4 is 17.6 Å². The molecule has 1 aliphatic heterocycles. The van der Waals surface area contributed by atoms with Crippen LogP contribution in [0.4, 0.5) is 5.69 Å². The summed E-state index contributed by atoms with van der Waals surface area (Å²) in [4.78, 5) is 26.0. The van der Waals surface area contributed by atoms with E-state index in [4.69, 9.17) is 0 Å². The third-order valence-corrected chi connectivity index (χ3v) is 4.58. The number of aryl methyl sites for hydroxylation is 1. The van der Waals surface area contributed by atoms with E-state index in [-0.39, 0.29) is 11.8 Å². The van der Waals surface area contributed by atoms with E-state index >= 15 is 0 Å². The highest BCUT2D eigenvalue weighted by molar-refractivity contribution is 6.08. The summed E-state index contributed by atoms with van der Waals surface area (Å²) in [6, 6.07) is 14.9. The average Bonchev–Trinajstić information content (AvgIpc) is 2.95. The summed E-state index contributed by atoms with van der Waals surface area (Å²) in [6.07, 6.45) is 0. The van der Waals surface area contributed by atoms with Crippen LogP contribution in [-0.4, -0.2) is 23.5 Å². The fourth-order valence-corrected chi connectivity index (χ4v) is 3.26. The molecule has 1 aliphatic rings. The zero-order valence-electron chi connectivity index (χ0n) is 13.2. The van der Waals surface area contributed by atoms with Gasteiger partial charge in [-0.2, -0.15) is 0 Å². The Morgan fingerprint density at radius 2 is 1.83 bits per heavy atom. The van der Waals surface area contributed by atoms with Gasteiger partial charge in [-0.3, -0.25) is 9.59 Å². The molecule has 3 rings (SSSR count). The van der Waals surface area contributed by atoms with Crippen molar-refractivity contribution < 1.29 is 14.7 Å². The summed E-state index contributed by atoms with van der Waals surface area (Å²) in [6.45, 7) is 4.06. The third-order valence-electron chi connectivity index (χ3n) is 4.58. The lowest BCUT2D eigenvalue weighted by Gasteiger charge is -2.20. The van der Waals surface area contributed by atoms with E-state index in [1.807, 2.05) is 43.3 Å². The molecule has 23 heavy (non-hydrogen) atoms. The zero-order valence-corrected chi connectivity index (χ0v) is 13.2. The maximum absolute atomic E-state index is 12.9. The number of anilines is 1. The van der Waals surface area contributed by atoms with Crippen LogP contribution in [0, 0.1) is 12.8 Å². The summed E-state index contributed by atoms with van der Waals surface area (Å²) in [5, 5.41) is 9.38. The largest absolute Gasteiger partial charge is 0.481 e. The lowest BCUT2D eigenvalue weighted by atomic mass is 9.88. The number of rotatable bonds is 3. The SMILES string of the molecule is Cc1cccc2c1N(C(=O)c1ccccc1)CC2C(C)C(=O)O. The van der Waals surface area contributed by atoms with E-state index < -0.39 is 11.9 Å². The van der Waals surface area contributed by atoms with Crippen LogP contribution in [0.1, 0.15) is 34.3 Å². The molecule has 1 N–H and O–H groups in total. The molecule has 1 heterocycles. The Balaban J connectivity index is 2.04. The molecule has 2 atom stereocenters. The van der Waals surface area contributed by atoms with Gasteiger partial charge >= 0.3 is 5.97 Å². The molecular weight excluding hydrogens is 290 g/mol. The minimum Gasteiger partial charge on any atom is -0.481 e. The molecule has 1 amide bonds. The molecule has 2 unspecified atom stereocenters. The van der Waals surface area contributed by atoms with Crippen molar-refractivity contribution in [2.45, 2.75) is 19.8 Å². The van der Waals surface area contributed by atoms with Gasteiger partial charge in [-0.15, -0.1) is 0 Å². The Morgan fingerprint density at radius 1 is 1.13 bits per heavy atom. The quantitative estimate of drug-likeness (QED) is 0.944. The van der Waals surface area contributed by atoms with Gasteiger partial charge in [-0.1, -0.05) is 43.3 Å². The average molecular weight is 309 g/mol. The first-order chi connectivity index (χ1) is 11.0. The van der Waals surface area contributed by atoms with E-state index in [1.54, 1.807) is 24.0 Å². The first-order valence-electron chi connectivity index (χ1n) is 7.70. The molecule has 0 spiro atoms. The summed E-state index contributed by atoms with van der Waals surface area (Å²) < 4.78 is 0. The Morgan fingerprint density at radius 3 is 2.48 bits per heavy atom. The van der Waals surface area contributed by atoms with Crippen LogP contribution in [0.5, 0.6) is 0 Å². The standard InChI is InChI=1S/C19H19NO3/c1-12-7-6-10-15-16(13(2)19(22)23)11-20(17(12)15)18(21)14-8-4-3-5-9-14/h3-10,13,16H,11H2,1-2H3,(H,22,23). The van der Waals surface area contributed by atoms with Crippen molar-refractivity contribution in [3.63, 3.8) is 0 Å². The number of carbonyl (C=O) groups is 2. The number of benzene rings is 2. The Hall–Kier alpha value is -2.62. The third kappa shape index (κ3) is 2.61. The molecule has 0 fully saturated rings. The van der Waals surface area contributed by atoms with Gasteiger partial charge < -0.3 is 10.0 Å². The van der Waals surface area contributed by atoms with Crippen LogP contribution in [-0.2, 0) is 4.79 Å². The van der Waals surface area contributed by atoms with Crippen LogP contribution in [0.25, 0.3) is 0 Å².